The van der Waals surface area contributed by atoms with Crippen LogP contribution in [0, 0.1) is 0 Å². The fourth-order valence-corrected chi connectivity index (χ4v) is 1.16. The van der Waals surface area contributed by atoms with Crippen LogP contribution in [-0.2, 0) is 4.79 Å². The molecular weight excluding hydrogens is 228 g/mol. The summed E-state index contributed by atoms with van der Waals surface area (Å²) in [4.78, 5) is 17.4. The van der Waals surface area contributed by atoms with Crippen molar-refractivity contribution in [2.24, 2.45) is 4.99 Å². The summed E-state index contributed by atoms with van der Waals surface area (Å²) < 4.78 is 0. The number of hydrogen-bond donors (Lipinski definition) is 2. The van der Waals surface area contributed by atoms with Crippen molar-refractivity contribution in [3.8, 4) is 0 Å². The molecule has 0 aliphatic rings. The third-order valence-electron chi connectivity index (χ3n) is 2.69. The van der Waals surface area contributed by atoms with Gasteiger partial charge in [0.05, 0.1) is 0 Å². The van der Waals surface area contributed by atoms with E-state index in [4.69, 9.17) is 0 Å². The summed E-state index contributed by atoms with van der Waals surface area (Å²) in [5, 5.41) is 6.54. The molecule has 0 aliphatic carbocycles. The van der Waals surface area contributed by atoms with Crippen molar-refractivity contribution in [3.63, 3.8) is 0 Å². The lowest BCUT2D eigenvalue weighted by Gasteiger charge is -2.17. The third-order valence-corrected chi connectivity index (χ3v) is 2.69. The minimum absolute atomic E-state index is 0.00995. The smallest absolute Gasteiger partial charge is 0.243 e. The monoisotopic (exact) mass is 256 g/mol. The molecule has 0 spiro atoms. The van der Waals surface area contributed by atoms with Gasteiger partial charge in [0.2, 0.25) is 5.91 Å². The molecule has 0 saturated heterocycles. The van der Waals surface area contributed by atoms with Gasteiger partial charge in [0, 0.05) is 26.7 Å². The molecular formula is C13H28N4O. The third kappa shape index (κ3) is 7.92. The van der Waals surface area contributed by atoms with Gasteiger partial charge in [-0.15, -0.1) is 0 Å². The number of rotatable bonds is 7. The SMILES string of the molecule is CCCCNC(=NCC(=O)N(C)C)NC(C)CC. The van der Waals surface area contributed by atoms with Crippen LogP contribution >= 0.6 is 0 Å². The van der Waals surface area contributed by atoms with Crippen molar-refractivity contribution in [1.29, 1.82) is 0 Å². The average Bonchev–Trinajstić information content (AvgIpc) is 2.35. The Balaban J connectivity index is 4.34. The van der Waals surface area contributed by atoms with Gasteiger partial charge in [-0.1, -0.05) is 20.3 Å². The van der Waals surface area contributed by atoms with Crippen LogP contribution in [0.4, 0.5) is 0 Å². The Kier molecular flexibility index (Phi) is 9.06. The molecule has 5 nitrogen and oxygen atoms in total. The highest BCUT2D eigenvalue weighted by atomic mass is 16.2. The quantitative estimate of drug-likeness (QED) is 0.409. The molecule has 0 aliphatic heterocycles. The van der Waals surface area contributed by atoms with Crippen LogP contribution in [0.3, 0.4) is 0 Å². The van der Waals surface area contributed by atoms with Gasteiger partial charge in [0.15, 0.2) is 5.96 Å². The number of hydrogen-bond acceptors (Lipinski definition) is 2. The Morgan fingerprint density at radius 2 is 2.00 bits per heavy atom. The molecule has 18 heavy (non-hydrogen) atoms. The van der Waals surface area contributed by atoms with Crippen molar-refractivity contribution in [2.75, 3.05) is 27.2 Å². The van der Waals surface area contributed by atoms with E-state index in [0.717, 1.165) is 31.8 Å². The summed E-state index contributed by atoms with van der Waals surface area (Å²) >= 11 is 0. The lowest BCUT2D eigenvalue weighted by Crippen LogP contribution is -2.43. The molecule has 0 saturated carbocycles. The fraction of sp³-hybridized carbons (Fsp3) is 0.846. The number of aliphatic imine (C=N–C) groups is 1. The van der Waals surface area contributed by atoms with E-state index in [-0.39, 0.29) is 12.5 Å². The maximum absolute atomic E-state index is 11.5. The summed E-state index contributed by atoms with van der Waals surface area (Å²) in [5.74, 6) is 0.740. The summed E-state index contributed by atoms with van der Waals surface area (Å²) in [5.41, 5.74) is 0. The summed E-state index contributed by atoms with van der Waals surface area (Å²) in [6, 6.07) is 0.354. The second-order valence-electron chi connectivity index (χ2n) is 4.69. The molecule has 0 aromatic heterocycles. The van der Waals surface area contributed by atoms with Crippen molar-refractivity contribution in [3.05, 3.63) is 0 Å². The number of unbranched alkanes of at least 4 members (excludes halogenated alkanes) is 1. The standard InChI is InChI=1S/C13H28N4O/c1-6-8-9-14-13(16-11(3)7-2)15-10-12(18)17(4)5/h11H,6-10H2,1-5H3,(H2,14,15,16). The van der Waals surface area contributed by atoms with Gasteiger partial charge in [-0.25, -0.2) is 4.99 Å². The number of amides is 1. The molecule has 0 heterocycles. The van der Waals surface area contributed by atoms with E-state index >= 15 is 0 Å². The predicted octanol–water partition coefficient (Wildman–Crippen LogP) is 1.21. The Morgan fingerprint density at radius 1 is 1.33 bits per heavy atom. The highest BCUT2D eigenvalue weighted by Crippen LogP contribution is 1.90. The zero-order valence-electron chi connectivity index (χ0n) is 12.4. The first-order valence-electron chi connectivity index (χ1n) is 6.76. The van der Waals surface area contributed by atoms with Crippen LogP contribution in [0.15, 0.2) is 4.99 Å². The first kappa shape index (κ1) is 16.7. The molecule has 0 aromatic rings. The number of carbonyl (C=O) groups excluding carboxylic acids is 1. The van der Waals surface area contributed by atoms with E-state index in [1.54, 1.807) is 19.0 Å². The number of likely N-dealkylation sites (N-methyl/N-ethyl adjacent to an activating group) is 1. The van der Waals surface area contributed by atoms with E-state index in [2.05, 4.69) is 36.4 Å². The van der Waals surface area contributed by atoms with Gasteiger partial charge < -0.3 is 15.5 Å². The minimum Gasteiger partial charge on any atom is -0.356 e. The molecule has 106 valence electrons. The minimum atomic E-state index is 0.00995. The normalized spacial score (nSPS) is 13.1. The molecule has 1 atom stereocenters. The molecule has 0 rings (SSSR count). The van der Waals surface area contributed by atoms with Crippen LogP contribution in [0.2, 0.25) is 0 Å². The zero-order valence-corrected chi connectivity index (χ0v) is 12.4. The Morgan fingerprint density at radius 3 is 2.50 bits per heavy atom. The van der Waals surface area contributed by atoms with Crippen molar-refractivity contribution in [1.82, 2.24) is 15.5 Å². The fourth-order valence-electron chi connectivity index (χ4n) is 1.16. The molecule has 0 fully saturated rings. The second kappa shape index (κ2) is 9.74. The average molecular weight is 256 g/mol. The molecule has 0 radical (unpaired) electrons. The second-order valence-corrected chi connectivity index (χ2v) is 4.69. The van der Waals surface area contributed by atoms with Crippen LogP contribution < -0.4 is 10.6 Å². The van der Waals surface area contributed by atoms with Crippen LogP contribution in [0.25, 0.3) is 0 Å². The van der Waals surface area contributed by atoms with E-state index in [0.29, 0.717) is 6.04 Å². The van der Waals surface area contributed by atoms with Gasteiger partial charge in [0.1, 0.15) is 6.54 Å². The molecule has 5 heteroatoms. The van der Waals surface area contributed by atoms with Crippen molar-refractivity contribution < 1.29 is 4.79 Å². The van der Waals surface area contributed by atoms with Crippen LogP contribution in [0.5, 0.6) is 0 Å². The first-order chi connectivity index (χ1) is 8.51. The summed E-state index contributed by atoms with van der Waals surface area (Å²) in [7, 11) is 3.48. The number of nitrogens with zero attached hydrogens (tertiary/aromatic N) is 2. The predicted molar refractivity (Wildman–Crippen MR) is 76.8 cm³/mol. The summed E-state index contributed by atoms with van der Waals surface area (Å²) in [6.07, 6.45) is 3.26. The largest absolute Gasteiger partial charge is 0.356 e. The van der Waals surface area contributed by atoms with Crippen molar-refractivity contribution in [2.45, 2.75) is 46.1 Å². The number of nitrogens with one attached hydrogen (secondary N) is 2. The number of carbonyl (C=O) groups is 1. The molecule has 1 amide bonds. The first-order valence-corrected chi connectivity index (χ1v) is 6.76. The van der Waals surface area contributed by atoms with E-state index in [9.17, 15) is 4.79 Å². The highest BCUT2D eigenvalue weighted by molar-refractivity contribution is 5.84. The molecule has 1 unspecified atom stereocenters. The maximum atomic E-state index is 11.5. The Hall–Kier alpha value is -1.26. The maximum Gasteiger partial charge on any atom is 0.243 e. The van der Waals surface area contributed by atoms with Crippen molar-refractivity contribution >= 4 is 11.9 Å². The summed E-state index contributed by atoms with van der Waals surface area (Å²) in [6.45, 7) is 7.44. The van der Waals surface area contributed by atoms with E-state index < -0.39 is 0 Å². The van der Waals surface area contributed by atoms with Crippen LogP contribution in [0.1, 0.15) is 40.0 Å². The number of guanidine groups is 1. The van der Waals surface area contributed by atoms with Gasteiger partial charge >= 0.3 is 0 Å². The zero-order chi connectivity index (χ0) is 14.0. The van der Waals surface area contributed by atoms with Gasteiger partial charge in [-0.2, -0.15) is 0 Å². The highest BCUT2D eigenvalue weighted by Gasteiger charge is 2.06. The molecule has 0 aromatic carbocycles. The molecule has 2 N–H and O–H groups in total. The topological polar surface area (TPSA) is 56.7 Å². The Labute approximate surface area is 111 Å². The van der Waals surface area contributed by atoms with E-state index in [1.165, 1.54) is 0 Å². The van der Waals surface area contributed by atoms with Crippen LogP contribution in [-0.4, -0.2) is 50.0 Å². The lowest BCUT2D eigenvalue weighted by molar-refractivity contribution is -0.127. The lowest BCUT2D eigenvalue weighted by atomic mass is 10.3. The Bertz CT molecular complexity index is 264. The van der Waals surface area contributed by atoms with E-state index in [1.807, 2.05) is 0 Å². The molecule has 0 bridgehead atoms. The van der Waals surface area contributed by atoms with Gasteiger partial charge in [0.25, 0.3) is 0 Å². The van der Waals surface area contributed by atoms with Gasteiger partial charge in [-0.3, -0.25) is 4.79 Å². The van der Waals surface area contributed by atoms with Gasteiger partial charge in [-0.05, 0) is 19.8 Å².